The van der Waals surface area contributed by atoms with E-state index in [0.717, 1.165) is 12.8 Å². The molecule has 0 amide bonds. The Morgan fingerprint density at radius 1 is 1.07 bits per heavy atom. The van der Waals surface area contributed by atoms with Gasteiger partial charge in [0, 0.05) is 5.69 Å². The van der Waals surface area contributed by atoms with Crippen molar-refractivity contribution < 1.29 is 9.47 Å². The first kappa shape index (κ1) is 17.7. The summed E-state index contributed by atoms with van der Waals surface area (Å²) in [5.74, 6) is 2.02. The summed E-state index contributed by atoms with van der Waals surface area (Å²) >= 11 is 0. The van der Waals surface area contributed by atoms with Gasteiger partial charge in [0.1, 0.15) is 0 Å². The van der Waals surface area contributed by atoms with Crippen molar-refractivity contribution in [3.05, 3.63) is 29.1 Å². The van der Waals surface area contributed by atoms with Crippen LogP contribution in [0.2, 0.25) is 0 Å². The van der Waals surface area contributed by atoms with E-state index in [0.29, 0.717) is 29.1 Å². The summed E-state index contributed by atoms with van der Waals surface area (Å²) in [7, 11) is 0. The van der Waals surface area contributed by atoms with Crippen molar-refractivity contribution in [2.24, 2.45) is 34.5 Å². The van der Waals surface area contributed by atoms with Gasteiger partial charge in [-0.3, -0.25) is 5.10 Å². The molecular weight excluding hydrogens is 348 g/mol. The Morgan fingerprint density at radius 3 is 2.68 bits per heavy atom. The van der Waals surface area contributed by atoms with Crippen LogP contribution in [0.5, 0.6) is 0 Å². The highest BCUT2D eigenvalue weighted by Crippen LogP contribution is 2.67. The van der Waals surface area contributed by atoms with Gasteiger partial charge in [-0.1, -0.05) is 25.5 Å². The van der Waals surface area contributed by atoms with E-state index in [9.17, 15) is 0 Å². The molecule has 0 spiro atoms. The Balaban J connectivity index is 1.48. The number of nitrogens with one attached hydrogen (secondary N) is 1. The van der Waals surface area contributed by atoms with Gasteiger partial charge in [-0.2, -0.15) is 5.10 Å². The zero-order valence-electron chi connectivity index (χ0n) is 17.9. The molecule has 4 aliphatic carbocycles. The summed E-state index contributed by atoms with van der Waals surface area (Å²) < 4.78 is 13.4. The first-order chi connectivity index (χ1) is 13.2. The molecule has 5 aliphatic rings. The van der Waals surface area contributed by atoms with E-state index in [-0.39, 0.29) is 17.6 Å². The van der Waals surface area contributed by atoms with Crippen LogP contribution in [-0.4, -0.2) is 28.2 Å². The molecule has 1 aromatic heterocycles. The summed E-state index contributed by atoms with van der Waals surface area (Å²) in [6, 6.07) is 0. The van der Waals surface area contributed by atoms with E-state index in [1.807, 2.05) is 0 Å². The highest BCUT2D eigenvalue weighted by Gasteiger charge is 2.67. The maximum Gasteiger partial charge on any atom is 0.163 e. The number of allylic oxidation sites excluding steroid dienone is 2. The number of aromatic amines is 1. The molecule has 2 saturated carbocycles. The molecule has 152 valence electrons. The van der Waals surface area contributed by atoms with E-state index in [1.165, 1.54) is 30.5 Å². The fraction of sp³-hybridized carbons (Fsp3) is 0.792. The van der Waals surface area contributed by atoms with E-state index < -0.39 is 5.79 Å². The lowest BCUT2D eigenvalue weighted by atomic mass is 9.43. The molecule has 1 aliphatic heterocycles. The van der Waals surface area contributed by atoms with Crippen LogP contribution in [-0.2, 0) is 22.3 Å². The first-order valence-corrected chi connectivity index (χ1v) is 11.3. The van der Waals surface area contributed by atoms with Gasteiger partial charge in [-0.25, -0.2) is 0 Å². The van der Waals surface area contributed by atoms with Gasteiger partial charge < -0.3 is 9.47 Å². The third kappa shape index (κ3) is 2.06. The Bertz CT molecular complexity index is 857. The zero-order chi connectivity index (χ0) is 19.5. The molecule has 0 aromatic carbocycles. The SMILES string of the molecule is CC1=CC[C@H]2[C@@H]3[C@H]4OC(C)(C)O[C@@H]4[C@H]4Cc5[nH]ncc5C[C@]4(C)[C@H]3CC[C@]12C. The molecule has 0 bridgehead atoms. The van der Waals surface area contributed by atoms with Crippen molar-refractivity contribution in [3.63, 3.8) is 0 Å². The maximum absolute atomic E-state index is 6.70. The molecule has 4 nitrogen and oxygen atoms in total. The predicted octanol–water partition coefficient (Wildman–Crippen LogP) is 4.66. The molecule has 3 fully saturated rings. The van der Waals surface area contributed by atoms with Crippen LogP contribution < -0.4 is 0 Å². The van der Waals surface area contributed by atoms with Crippen molar-refractivity contribution >= 4 is 0 Å². The summed E-state index contributed by atoms with van der Waals surface area (Å²) in [5, 5.41) is 7.65. The van der Waals surface area contributed by atoms with Gasteiger partial charge in [0.2, 0.25) is 0 Å². The maximum atomic E-state index is 6.70. The molecule has 1 N–H and O–H groups in total. The van der Waals surface area contributed by atoms with Crippen molar-refractivity contribution in [1.82, 2.24) is 10.2 Å². The Hall–Kier alpha value is -1.13. The topological polar surface area (TPSA) is 47.1 Å². The number of hydrogen-bond donors (Lipinski definition) is 1. The Kier molecular flexibility index (Phi) is 3.36. The summed E-state index contributed by atoms with van der Waals surface area (Å²) in [4.78, 5) is 0. The Morgan fingerprint density at radius 2 is 1.86 bits per heavy atom. The zero-order valence-corrected chi connectivity index (χ0v) is 17.9. The second-order valence-corrected chi connectivity index (χ2v) is 11.3. The number of nitrogens with zero attached hydrogens (tertiary/aromatic N) is 1. The predicted molar refractivity (Wildman–Crippen MR) is 108 cm³/mol. The summed E-state index contributed by atoms with van der Waals surface area (Å²) in [6.07, 6.45) is 11.1. The highest BCUT2D eigenvalue weighted by molar-refractivity contribution is 5.30. The van der Waals surface area contributed by atoms with Gasteiger partial charge in [0.25, 0.3) is 0 Å². The Labute approximate surface area is 168 Å². The van der Waals surface area contributed by atoms with E-state index in [2.05, 4.69) is 57.1 Å². The van der Waals surface area contributed by atoms with Crippen LogP contribution in [0.3, 0.4) is 0 Å². The largest absolute Gasteiger partial charge is 0.344 e. The standard InChI is InChI=1S/C24H34N2O2/c1-13-6-7-15-19-16(8-9-23(13,15)4)24(5)11-14-12-25-26-18(14)10-17(24)20-21(19)28-22(2,3)27-20/h6,12,15-17,19-21H,7-11H2,1-5H3,(H,25,26)/t15-,16-,17+,19-,20+,21+,23+,24+/m0/s1. The molecular formula is C24H34N2O2. The number of fused-ring (bicyclic) bond motifs is 9. The van der Waals surface area contributed by atoms with E-state index in [4.69, 9.17) is 9.47 Å². The van der Waals surface area contributed by atoms with Gasteiger partial charge in [0.15, 0.2) is 5.79 Å². The number of ether oxygens (including phenoxy) is 2. The minimum absolute atomic E-state index is 0.195. The average molecular weight is 383 g/mol. The smallest absolute Gasteiger partial charge is 0.163 e. The minimum Gasteiger partial charge on any atom is -0.344 e. The van der Waals surface area contributed by atoms with Gasteiger partial charge in [-0.05, 0) is 92.9 Å². The van der Waals surface area contributed by atoms with Crippen LogP contribution in [0.1, 0.15) is 65.1 Å². The third-order valence-electron chi connectivity index (χ3n) is 9.74. The molecule has 6 rings (SSSR count). The molecule has 8 atom stereocenters. The monoisotopic (exact) mass is 382 g/mol. The van der Waals surface area contributed by atoms with Crippen molar-refractivity contribution in [2.75, 3.05) is 0 Å². The fourth-order valence-corrected chi connectivity index (χ4v) is 8.19. The van der Waals surface area contributed by atoms with Crippen molar-refractivity contribution in [2.45, 2.75) is 84.7 Å². The molecule has 2 heterocycles. The lowest BCUT2D eigenvalue weighted by molar-refractivity contribution is -0.165. The fourth-order valence-electron chi connectivity index (χ4n) is 8.19. The van der Waals surface area contributed by atoms with Crippen LogP contribution in [0, 0.1) is 34.5 Å². The van der Waals surface area contributed by atoms with E-state index >= 15 is 0 Å². The molecule has 0 unspecified atom stereocenters. The molecule has 4 heteroatoms. The van der Waals surface area contributed by atoms with Crippen molar-refractivity contribution in [1.29, 1.82) is 0 Å². The average Bonchev–Trinajstić information content (AvgIpc) is 3.28. The van der Waals surface area contributed by atoms with Gasteiger partial charge in [-0.15, -0.1) is 0 Å². The minimum atomic E-state index is -0.478. The van der Waals surface area contributed by atoms with Crippen LogP contribution in [0.15, 0.2) is 17.8 Å². The van der Waals surface area contributed by atoms with Crippen LogP contribution in [0.25, 0.3) is 0 Å². The van der Waals surface area contributed by atoms with Crippen LogP contribution in [0.4, 0.5) is 0 Å². The number of rotatable bonds is 0. The molecule has 28 heavy (non-hydrogen) atoms. The lowest BCUT2D eigenvalue weighted by Gasteiger charge is -2.62. The molecule has 1 aromatic rings. The number of H-pyrrole nitrogens is 1. The summed E-state index contributed by atoms with van der Waals surface area (Å²) in [5.41, 5.74) is 4.99. The number of hydrogen-bond acceptors (Lipinski definition) is 3. The van der Waals surface area contributed by atoms with E-state index in [1.54, 1.807) is 5.57 Å². The second-order valence-electron chi connectivity index (χ2n) is 11.3. The van der Waals surface area contributed by atoms with Crippen molar-refractivity contribution in [3.8, 4) is 0 Å². The quantitative estimate of drug-likeness (QED) is 0.664. The summed E-state index contributed by atoms with van der Waals surface area (Å²) in [6.45, 7) is 11.7. The first-order valence-electron chi connectivity index (χ1n) is 11.3. The second kappa shape index (κ2) is 5.31. The normalized spacial score (nSPS) is 50.8. The van der Waals surface area contributed by atoms with Crippen LogP contribution >= 0.6 is 0 Å². The van der Waals surface area contributed by atoms with Gasteiger partial charge in [0.05, 0.1) is 18.4 Å². The third-order valence-corrected chi connectivity index (χ3v) is 9.74. The molecule has 1 saturated heterocycles. The lowest BCUT2D eigenvalue weighted by Crippen LogP contribution is -2.63. The molecule has 0 radical (unpaired) electrons. The highest BCUT2D eigenvalue weighted by atomic mass is 16.8. The number of aromatic nitrogens is 2. The van der Waals surface area contributed by atoms with Gasteiger partial charge >= 0.3 is 0 Å².